The SMILES string of the molecule is CCOc1cc(C=Nn2c(-c3ccc(Cl)cc3)nc3ccccc3c2=O)ccc1OC(=O)c1ccco1. The number of carbonyl (C=O) groups is 1. The van der Waals surface area contributed by atoms with Crippen molar-refractivity contribution in [2.24, 2.45) is 5.10 Å². The second kappa shape index (κ2) is 10.5. The Labute approximate surface area is 216 Å². The first-order chi connectivity index (χ1) is 18.0. The molecule has 0 fully saturated rings. The van der Waals surface area contributed by atoms with E-state index in [1.807, 2.05) is 13.0 Å². The van der Waals surface area contributed by atoms with E-state index in [4.69, 9.17) is 25.5 Å². The summed E-state index contributed by atoms with van der Waals surface area (Å²) >= 11 is 6.05. The van der Waals surface area contributed by atoms with Crippen molar-refractivity contribution < 1.29 is 18.7 Å². The van der Waals surface area contributed by atoms with E-state index in [0.29, 0.717) is 45.2 Å². The Morgan fingerprint density at radius 3 is 2.62 bits per heavy atom. The molecule has 0 unspecified atom stereocenters. The molecule has 0 amide bonds. The molecule has 0 bridgehead atoms. The summed E-state index contributed by atoms with van der Waals surface area (Å²) in [4.78, 5) is 30.4. The van der Waals surface area contributed by atoms with Crippen LogP contribution < -0.4 is 15.0 Å². The van der Waals surface area contributed by atoms with E-state index in [0.717, 1.165) is 0 Å². The molecule has 8 nitrogen and oxygen atoms in total. The summed E-state index contributed by atoms with van der Waals surface area (Å²) in [6.07, 6.45) is 2.90. The van der Waals surface area contributed by atoms with Crippen LogP contribution in [0.3, 0.4) is 0 Å². The Kier molecular flexibility index (Phi) is 6.83. The van der Waals surface area contributed by atoms with Gasteiger partial charge in [-0.05, 0) is 79.2 Å². The van der Waals surface area contributed by atoms with Crippen molar-refractivity contribution >= 4 is 34.7 Å². The number of carbonyl (C=O) groups excluding carboxylic acids is 1. The van der Waals surface area contributed by atoms with Gasteiger partial charge in [-0.15, -0.1) is 0 Å². The normalized spacial score (nSPS) is 11.2. The molecule has 0 spiro atoms. The summed E-state index contributed by atoms with van der Waals surface area (Å²) in [5.74, 6) is 0.366. The molecule has 3 aromatic carbocycles. The van der Waals surface area contributed by atoms with E-state index >= 15 is 0 Å². The van der Waals surface area contributed by atoms with Crippen molar-refractivity contribution in [2.75, 3.05) is 6.61 Å². The van der Waals surface area contributed by atoms with Crippen LogP contribution in [0.2, 0.25) is 5.02 Å². The number of para-hydroxylation sites is 1. The van der Waals surface area contributed by atoms with Crippen LogP contribution in [-0.4, -0.2) is 28.5 Å². The van der Waals surface area contributed by atoms with Gasteiger partial charge >= 0.3 is 5.97 Å². The second-order valence-corrected chi connectivity index (χ2v) is 8.26. The Hall–Kier alpha value is -4.69. The maximum absolute atomic E-state index is 13.4. The lowest BCUT2D eigenvalue weighted by Gasteiger charge is -2.11. The van der Waals surface area contributed by atoms with Gasteiger partial charge in [0.15, 0.2) is 17.3 Å². The fourth-order valence-electron chi connectivity index (χ4n) is 3.64. The molecule has 0 aliphatic carbocycles. The maximum atomic E-state index is 13.4. The van der Waals surface area contributed by atoms with Gasteiger partial charge in [-0.2, -0.15) is 9.78 Å². The van der Waals surface area contributed by atoms with Gasteiger partial charge in [0.25, 0.3) is 5.56 Å². The third-order valence-corrected chi connectivity index (χ3v) is 5.62. The molecule has 0 radical (unpaired) electrons. The van der Waals surface area contributed by atoms with Crippen molar-refractivity contribution in [1.29, 1.82) is 0 Å². The average molecular weight is 514 g/mol. The monoisotopic (exact) mass is 513 g/mol. The number of hydrogen-bond acceptors (Lipinski definition) is 7. The topological polar surface area (TPSA) is 95.9 Å². The van der Waals surface area contributed by atoms with Crippen molar-refractivity contribution in [2.45, 2.75) is 6.92 Å². The van der Waals surface area contributed by atoms with Gasteiger partial charge in [0, 0.05) is 10.6 Å². The molecule has 2 aromatic heterocycles. The van der Waals surface area contributed by atoms with Crippen LogP contribution in [0.25, 0.3) is 22.3 Å². The number of ether oxygens (including phenoxy) is 2. The zero-order valence-corrected chi connectivity index (χ0v) is 20.4. The highest BCUT2D eigenvalue weighted by atomic mass is 35.5. The predicted molar refractivity (Wildman–Crippen MR) is 141 cm³/mol. The first kappa shape index (κ1) is 24.0. The fourth-order valence-corrected chi connectivity index (χ4v) is 3.77. The minimum Gasteiger partial charge on any atom is -0.490 e. The third kappa shape index (κ3) is 5.14. The van der Waals surface area contributed by atoms with E-state index in [2.05, 4.69) is 10.1 Å². The first-order valence-electron chi connectivity index (χ1n) is 11.4. The van der Waals surface area contributed by atoms with Crippen LogP contribution in [0, 0.1) is 0 Å². The van der Waals surface area contributed by atoms with Crippen molar-refractivity contribution in [1.82, 2.24) is 9.66 Å². The van der Waals surface area contributed by atoms with E-state index in [1.54, 1.807) is 66.7 Å². The number of hydrogen-bond donors (Lipinski definition) is 0. The van der Waals surface area contributed by atoms with Crippen LogP contribution in [0.5, 0.6) is 11.5 Å². The van der Waals surface area contributed by atoms with Crippen molar-refractivity contribution in [3.63, 3.8) is 0 Å². The minimum atomic E-state index is -0.645. The van der Waals surface area contributed by atoms with Crippen LogP contribution >= 0.6 is 11.6 Å². The molecule has 0 saturated carbocycles. The Morgan fingerprint density at radius 1 is 1.05 bits per heavy atom. The van der Waals surface area contributed by atoms with Gasteiger partial charge in [-0.1, -0.05) is 23.7 Å². The van der Waals surface area contributed by atoms with Crippen molar-refractivity contribution in [3.05, 3.63) is 112 Å². The van der Waals surface area contributed by atoms with E-state index < -0.39 is 5.97 Å². The fraction of sp³-hybridized carbons (Fsp3) is 0.0714. The number of aromatic nitrogens is 2. The molecular weight excluding hydrogens is 494 g/mol. The summed E-state index contributed by atoms with van der Waals surface area (Å²) in [5, 5.41) is 5.47. The summed E-state index contributed by atoms with van der Waals surface area (Å²) in [6.45, 7) is 2.16. The largest absolute Gasteiger partial charge is 0.490 e. The maximum Gasteiger partial charge on any atom is 0.379 e. The molecule has 0 saturated heterocycles. The Bertz CT molecular complexity index is 1660. The Balaban J connectivity index is 1.54. The highest BCUT2D eigenvalue weighted by Crippen LogP contribution is 2.29. The lowest BCUT2D eigenvalue weighted by molar-refractivity contribution is 0.0695. The van der Waals surface area contributed by atoms with Gasteiger partial charge < -0.3 is 13.9 Å². The number of rotatable bonds is 7. The van der Waals surface area contributed by atoms with Gasteiger partial charge in [-0.3, -0.25) is 4.79 Å². The molecule has 2 heterocycles. The van der Waals surface area contributed by atoms with E-state index in [-0.39, 0.29) is 17.1 Å². The molecule has 37 heavy (non-hydrogen) atoms. The molecule has 0 atom stereocenters. The molecule has 9 heteroatoms. The van der Waals surface area contributed by atoms with Gasteiger partial charge in [0.2, 0.25) is 5.76 Å². The molecule has 5 aromatic rings. The number of halogens is 1. The molecule has 5 rings (SSSR count). The molecular formula is C28H20ClN3O5. The quantitative estimate of drug-likeness (QED) is 0.155. The number of fused-ring (bicyclic) bond motifs is 1. The summed E-state index contributed by atoms with van der Waals surface area (Å²) in [5.41, 5.74) is 1.54. The second-order valence-electron chi connectivity index (χ2n) is 7.83. The predicted octanol–water partition coefficient (Wildman–Crippen LogP) is 5.81. The minimum absolute atomic E-state index is 0.0750. The number of furan rings is 1. The lowest BCUT2D eigenvalue weighted by atomic mass is 10.2. The van der Waals surface area contributed by atoms with Crippen molar-refractivity contribution in [3.8, 4) is 22.9 Å². The smallest absolute Gasteiger partial charge is 0.379 e. The van der Waals surface area contributed by atoms with Crippen LogP contribution in [0.4, 0.5) is 0 Å². The molecule has 0 aliphatic heterocycles. The number of esters is 1. The number of nitrogens with zero attached hydrogens (tertiary/aromatic N) is 3. The third-order valence-electron chi connectivity index (χ3n) is 5.37. The van der Waals surface area contributed by atoms with Gasteiger partial charge in [-0.25, -0.2) is 9.78 Å². The van der Waals surface area contributed by atoms with Crippen LogP contribution in [-0.2, 0) is 0 Å². The standard InChI is InChI=1S/C28H20ClN3O5/c1-2-35-25-16-18(9-14-23(25)37-28(34)24-8-5-15-36-24)17-30-32-26(19-10-12-20(29)13-11-19)31-22-7-4-3-6-21(22)27(32)33/h3-17H,2H2,1H3. The highest BCUT2D eigenvalue weighted by Gasteiger charge is 2.16. The Morgan fingerprint density at radius 2 is 1.86 bits per heavy atom. The van der Waals surface area contributed by atoms with E-state index in [9.17, 15) is 9.59 Å². The zero-order valence-electron chi connectivity index (χ0n) is 19.6. The summed E-state index contributed by atoms with van der Waals surface area (Å²) < 4.78 is 17.4. The van der Waals surface area contributed by atoms with E-state index in [1.165, 1.54) is 23.2 Å². The first-order valence-corrected chi connectivity index (χ1v) is 11.8. The molecule has 184 valence electrons. The van der Waals surface area contributed by atoms with Gasteiger partial charge in [0.1, 0.15) is 0 Å². The highest BCUT2D eigenvalue weighted by molar-refractivity contribution is 6.30. The molecule has 0 aliphatic rings. The molecule has 0 N–H and O–H groups in total. The zero-order chi connectivity index (χ0) is 25.8. The summed E-state index contributed by atoms with van der Waals surface area (Å²) in [7, 11) is 0. The average Bonchev–Trinajstić information content (AvgIpc) is 3.45. The number of benzene rings is 3. The summed E-state index contributed by atoms with van der Waals surface area (Å²) in [6, 6.07) is 22.2. The van der Waals surface area contributed by atoms with Crippen LogP contribution in [0.1, 0.15) is 23.0 Å². The van der Waals surface area contributed by atoms with Crippen LogP contribution in [0.15, 0.2) is 99.4 Å². The van der Waals surface area contributed by atoms with Gasteiger partial charge in [0.05, 0.1) is 30.0 Å². The lowest BCUT2D eigenvalue weighted by Crippen LogP contribution is -2.20.